The molecule has 0 saturated carbocycles. The Morgan fingerprint density at radius 3 is 2.38 bits per heavy atom. The minimum Gasteiger partial charge on any atom is -0.465 e. The first-order valence-electron chi connectivity index (χ1n) is 9.95. The number of methoxy groups -OCH3 is 1. The van der Waals surface area contributed by atoms with Crippen LogP contribution in [-0.4, -0.2) is 72.0 Å². The van der Waals surface area contributed by atoms with Gasteiger partial charge in [-0.2, -0.15) is 0 Å². The zero-order valence-electron chi connectivity index (χ0n) is 18.5. The Hall–Kier alpha value is -3.40. The molecule has 10 nitrogen and oxygen atoms in total. The van der Waals surface area contributed by atoms with Crippen molar-refractivity contribution >= 4 is 29.6 Å². The lowest BCUT2D eigenvalue weighted by Crippen LogP contribution is -2.45. The van der Waals surface area contributed by atoms with Crippen molar-refractivity contribution in [2.75, 3.05) is 25.6 Å². The van der Waals surface area contributed by atoms with Crippen molar-refractivity contribution in [1.82, 2.24) is 4.90 Å². The third kappa shape index (κ3) is 6.55. The third-order valence-corrected chi connectivity index (χ3v) is 4.40. The van der Waals surface area contributed by atoms with E-state index in [0.29, 0.717) is 0 Å². The fourth-order valence-corrected chi connectivity index (χ4v) is 3.08. The molecule has 1 fully saturated rings. The van der Waals surface area contributed by atoms with E-state index >= 15 is 0 Å². The number of β-amino-alcohol motifs (C(OH)–C–C–N with tert-alkyl or cyclic N) is 1. The van der Waals surface area contributed by atoms with Gasteiger partial charge in [-0.15, -0.1) is 0 Å². The van der Waals surface area contributed by atoms with Gasteiger partial charge in [0.05, 0.1) is 30.9 Å². The van der Waals surface area contributed by atoms with Gasteiger partial charge in [-0.25, -0.2) is 14.4 Å². The zero-order valence-corrected chi connectivity index (χ0v) is 18.5. The molecule has 2 amide bonds. The molecule has 1 aromatic rings. The van der Waals surface area contributed by atoms with Crippen LogP contribution in [0.1, 0.15) is 47.9 Å². The van der Waals surface area contributed by atoms with Gasteiger partial charge in [0.25, 0.3) is 0 Å². The van der Waals surface area contributed by atoms with Gasteiger partial charge >= 0.3 is 18.0 Å². The Labute approximate surface area is 186 Å². The number of hydrogen-bond donors (Lipinski definition) is 2. The first kappa shape index (κ1) is 24.9. The smallest absolute Gasteiger partial charge is 0.411 e. The van der Waals surface area contributed by atoms with E-state index in [4.69, 9.17) is 14.2 Å². The van der Waals surface area contributed by atoms with Crippen molar-refractivity contribution in [2.45, 2.75) is 44.9 Å². The number of anilines is 1. The van der Waals surface area contributed by atoms with Crippen LogP contribution in [0.4, 0.5) is 10.5 Å². The summed E-state index contributed by atoms with van der Waals surface area (Å²) in [4.78, 5) is 50.8. The second kappa shape index (κ2) is 10.3. The summed E-state index contributed by atoms with van der Waals surface area (Å²) in [6, 6.07) is 2.94. The molecule has 2 rings (SSSR count). The minimum atomic E-state index is -1.00. The predicted octanol–water partition coefficient (Wildman–Crippen LogP) is 2.12. The highest BCUT2D eigenvalue weighted by molar-refractivity contribution is 6.01. The van der Waals surface area contributed by atoms with Gasteiger partial charge in [-0.3, -0.25) is 9.69 Å². The topological polar surface area (TPSA) is 131 Å². The Kier molecular flexibility index (Phi) is 7.98. The van der Waals surface area contributed by atoms with Crippen molar-refractivity contribution in [2.24, 2.45) is 0 Å². The van der Waals surface area contributed by atoms with E-state index in [0.717, 1.165) is 4.90 Å². The molecule has 0 bridgehead atoms. The van der Waals surface area contributed by atoms with Crippen molar-refractivity contribution in [3.05, 3.63) is 42.0 Å². The highest BCUT2D eigenvalue weighted by Gasteiger charge is 2.41. The lowest BCUT2D eigenvalue weighted by Gasteiger charge is -2.27. The van der Waals surface area contributed by atoms with Crippen LogP contribution in [0.2, 0.25) is 0 Å². The lowest BCUT2D eigenvalue weighted by molar-refractivity contribution is -0.120. The normalized spacial score (nSPS) is 18.0. The fourth-order valence-electron chi connectivity index (χ4n) is 3.08. The Morgan fingerprint density at radius 1 is 1.19 bits per heavy atom. The highest BCUT2D eigenvalue weighted by atomic mass is 16.6. The maximum atomic E-state index is 12.9. The zero-order chi connectivity index (χ0) is 24.1. The van der Waals surface area contributed by atoms with E-state index in [9.17, 15) is 24.3 Å². The summed E-state index contributed by atoms with van der Waals surface area (Å²) in [6.07, 6.45) is -0.229. The fraction of sp³-hybridized carbons (Fsp3) is 0.455. The van der Waals surface area contributed by atoms with E-state index in [1.165, 1.54) is 31.4 Å². The number of ether oxygens (including phenoxy) is 3. The lowest BCUT2D eigenvalue weighted by atomic mass is 10.1. The number of nitrogens with one attached hydrogen (secondary N) is 1. The van der Waals surface area contributed by atoms with E-state index < -0.39 is 41.7 Å². The van der Waals surface area contributed by atoms with Gasteiger partial charge in [-0.05, 0) is 39.0 Å². The first-order chi connectivity index (χ1) is 14.9. The molecule has 32 heavy (non-hydrogen) atoms. The molecule has 2 unspecified atom stereocenters. The van der Waals surface area contributed by atoms with Gasteiger partial charge in [-0.1, -0.05) is 12.7 Å². The Morgan fingerprint density at radius 2 is 1.81 bits per heavy atom. The highest BCUT2D eigenvalue weighted by Crippen LogP contribution is 2.24. The number of rotatable bonds is 6. The van der Waals surface area contributed by atoms with Crippen LogP contribution in [0, 0.1) is 0 Å². The summed E-state index contributed by atoms with van der Waals surface area (Å²) in [7, 11) is 1.18. The summed E-state index contributed by atoms with van der Waals surface area (Å²) in [5.74, 6) is -2.05. The van der Waals surface area contributed by atoms with Crippen LogP contribution in [0.3, 0.4) is 0 Å². The average molecular weight is 448 g/mol. The molecule has 1 aliphatic heterocycles. The molecule has 0 radical (unpaired) electrons. The van der Waals surface area contributed by atoms with Crippen molar-refractivity contribution < 1.29 is 38.5 Å². The average Bonchev–Trinajstić information content (AvgIpc) is 3.12. The second-order valence-electron chi connectivity index (χ2n) is 8.21. The largest absolute Gasteiger partial charge is 0.465 e. The van der Waals surface area contributed by atoms with Crippen LogP contribution >= 0.6 is 0 Å². The van der Waals surface area contributed by atoms with Crippen molar-refractivity contribution in [3.8, 4) is 0 Å². The standard InChI is InChI=1S/C22H28N2O8/c1-6-7-31-20(28)14-8-13(19(27)30-5)9-15(10-14)23-18(26)17-11-16(25)12-24(17)21(29)32-22(2,3)4/h6,8-10,16-17,25H,1,7,11-12H2,2-5H3,(H,23,26). The SMILES string of the molecule is C=CCOC(=O)c1cc(NC(=O)C2CC(O)CN2C(=O)OC(C)(C)C)cc(C(=O)OC)c1. The monoisotopic (exact) mass is 448 g/mol. The van der Waals surface area contributed by atoms with E-state index in [-0.39, 0.29) is 36.4 Å². The van der Waals surface area contributed by atoms with Crippen LogP contribution < -0.4 is 5.32 Å². The number of nitrogens with zero attached hydrogens (tertiary/aromatic N) is 1. The molecule has 2 N–H and O–H groups in total. The van der Waals surface area contributed by atoms with Gasteiger partial charge in [0, 0.05) is 12.1 Å². The number of amides is 2. The van der Waals surface area contributed by atoms with Crippen LogP contribution in [0.15, 0.2) is 30.9 Å². The molecule has 1 aromatic carbocycles. The molecule has 1 aliphatic rings. The number of esters is 2. The molecular weight excluding hydrogens is 420 g/mol. The summed E-state index contributed by atoms with van der Waals surface area (Å²) >= 11 is 0. The van der Waals surface area contributed by atoms with Gasteiger partial charge in [0.1, 0.15) is 18.2 Å². The quantitative estimate of drug-likeness (QED) is 0.384. The Bertz CT molecular complexity index is 906. The molecule has 0 spiro atoms. The number of carbonyl (C=O) groups excluding carboxylic acids is 4. The predicted molar refractivity (Wildman–Crippen MR) is 114 cm³/mol. The molecule has 10 heteroatoms. The van der Waals surface area contributed by atoms with Crippen LogP contribution in [0.25, 0.3) is 0 Å². The molecular formula is C22H28N2O8. The van der Waals surface area contributed by atoms with E-state index in [1.807, 2.05) is 0 Å². The molecule has 2 atom stereocenters. The van der Waals surface area contributed by atoms with Crippen molar-refractivity contribution in [3.63, 3.8) is 0 Å². The summed E-state index contributed by atoms with van der Waals surface area (Å²) < 4.78 is 15.0. The number of aliphatic hydroxyl groups is 1. The molecule has 0 aromatic heterocycles. The minimum absolute atomic E-state index is 0.00992. The maximum Gasteiger partial charge on any atom is 0.411 e. The molecule has 174 valence electrons. The van der Waals surface area contributed by atoms with Gasteiger partial charge in [0.15, 0.2) is 0 Å². The summed E-state index contributed by atoms with van der Waals surface area (Å²) in [5.41, 5.74) is -0.623. The van der Waals surface area contributed by atoms with Crippen LogP contribution in [-0.2, 0) is 19.0 Å². The number of carbonyl (C=O) groups is 4. The van der Waals surface area contributed by atoms with E-state index in [1.54, 1.807) is 20.8 Å². The second-order valence-corrected chi connectivity index (χ2v) is 8.21. The number of likely N-dealkylation sites (tertiary alicyclic amines) is 1. The van der Waals surface area contributed by atoms with Gasteiger partial charge in [0.2, 0.25) is 5.91 Å². The number of benzene rings is 1. The van der Waals surface area contributed by atoms with Gasteiger partial charge < -0.3 is 24.6 Å². The summed E-state index contributed by atoms with van der Waals surface area (Å²) in [5, 5.41) is 12.6. The molecule has 1 saturated heterocycles. The van der Waals surface area contributed by atoms with Crippen molar-refractivity contribution in [1.29, 1.82) is 0 Å². The number of aliphatic hydroxyl groups excluding tert-OH is 1. The maximum absolute atomic E-state index is 12.9. The number of hydrogen-bond acceptors (Lipinski definition) is 8. The first-order valence-corrected chi connectivity index (χ1v) is 9.95. The molecule has 1 heterocycles. The summed E-state index contributed by atoms with van der Waals surface area (Å²) in [6.45, 7) is 8.45. The molecule has 0 aliphatic carbocycles. The van der Waals surface area contributed by atoms with Crippen LogP contribution in [0.5, 0.6) is 0 Å². The van der Waals surface area contributed by atoms with E-state index in [2.05, 4.69) is 11.9 Å². The third-order valence-electron chi connectivity index (χ3n) is 4.40. The Balaban J connectivity index is 2.28.